The van der Waals surface area contributed by atoms with Crippen LogP contribution >= 0.6 is 0 Å². The third-order valence-electron chi connectivity index (χ3n) is 4.80. The number of benzene rings is 1. The zero-order valence-electron chi connectivity index (χ0n) is 12.6. The summed E-state index contributed by atoms with van der Waals surface area (Å²) in [7, 11) is -1.75. The van der Waals surface area contributed by atoms with Crippen molar-refractivity contribution in [2.45, 2.75) is 18.2 Å². The fourth-order valence-corrected chi connectivity index (χ4v) is 6.22. The maximum absolute atomic E-state index is 12.3. The zero-order valence-corrected chi connectivity index (χ0v) is 13.5. The van der Waals surface area contributed by atoms with Gasteiger partial charge in [-0.15, -0.1) is 0 Å². The summed E-state index contributed by atoms with van der Waals surface area (Å²) in [5.74, 6) is -0.255. The Morgan fingerprint density at radius 1 is 1.27 bits per heavy atom. The molecule has 0 N–H and O–H groups in total. The third-order valence-corrected chi connectivity index (χ3v) is 7.12. The topological polar surface area (TPSA) is 63.7 Å². The highest BCUT2D eigenvalue weighted by Gasteiger charge is 2.52. The van der Waals surface area contributed by atoms with E-state index in [0.717, 1.165) is 13.1 Å². The monoisotopic (exact) mass is 323 g/mol. The fourth-order valence-electron chi connectivity index (χ4n) is 3.74. The molecular weight excluding hydrogens is 302 g/mol. The van der Waals surface area contributed by atoms with Crippen LogP contribution in [0.15, 0.2) is 30.3 Å². The van der Waals surface area contributed by atoms with E-state index in [1.165, 1.54) is 12.7 Å². The van der Waals surface area contributed by atoms with E-state index in [2.05, 4.69) is 17.0 Å². The fraction of sp³-hybridized carbons (Fsp3) is 0.562. The Morgan fingerprint density at radius 3 is 2.68 bits per heavy atom. The molecule has 2 heterocycles. The van der Waals surface area contributed by atoms with Gasteiger partial charge in [0.05, 0.1) is 18.1 Å². The Balaban J connectivity index is 1.71. The predicted octanol–water partition coefficient (Wildman–Crippen LogP) is 1.09. The van der Waals surface area contributed by atoms with Crippen molar-refractivity contribution in [3.05, 3.63) is 35.9 Å². The molecule has 2 unspecified atom stereocenters. The average Bonchev–Trinajstić information content (AvgIpc) is 3.00. The number of hydrogen-bond acceptors (Lipinski definition) is 5. The van der Waals surface area contributed by atoms with Gasteiger partial charge in [0.2, 0.25) is 0 Å². The van der Waals surface area contributed by atoms with Gasteiger partial charge in [0.15, 0.2) is 9.84 Å². The molecule has 0 bridgehead atoms. The van der Waals surface area contributed by atoms with Gasteiger partial charge in [0.25, 0.3) is 0 Å². The van der Waals surface area contributed by atoms with E-state index in [1.807, 2.05) is 18.2 Å². The lowest BCUT2D eigenvalue weighted by Crippen LogP contribution is -2.27. The standard InChI is InChI=1S/C16H21NO4S/c1-21-16(18)7-13-11-22(19,20)15-10-17(9-14(13)15)8-12-5-3-2-4-6-12/h2-6,13-15H,7-11H2,1H3/t13-,14?,15?/m1/s1. The summed E-state index contributed by atoms with van der Waals surface area (Å²) in [6.07, 6.45) is 0.204. The lowest BCUT2D eigenvalue weighted by atomic mass is 9.90. The molecule has 0 spiro atoms. The van der Waals surface area contributed by atoms with Gasteiger partial charge in [0.1, 0.15) is 0 Å². The second kappa shape index (κ2) is 6.01. The number of hydrogen-bond donors (Lipinski definition) is 0. The molecule has 5 nitrogen and oxygen atoms in total. The van der Waals surface area contributed by atoms with Crippen molar-refractivity contribution >= 4 is 15.8 Å². The van der Waals surface area contributed by atoms with Crippen LogP contribution in [0.5, 0.6) is 0 Å². The highest BCUT2D eigenvalue weighted by atomic mass is 32.2. The number of carbonyl (C=O) groups excluding carboxylic acids is 1. The van der Waals surface area contributed by atoms with E-state index in [0.29, 0.717) is 6.54 Å². The summed E-state index contributed by atoms with van der Waals surface area (Å²) in [4.78, 5) is 13.7. The largest absolute Gasteiger partial charge is 0.469 e. The lowest BCUT2D eigenvalue weighted by Gasteiger charge is -2.19. The van der Waals surface area contributed by atoms with Gasteiger partial charge in [-0.3, -0.25) is 9.69 Å². The van der Waals surface area contributed by atoms with Gasteiger partial charge in [-0.25, -0.2) is 8.42 Å². The Kier molecular flexibility index (Phi) is 4.23. The van der Waals surface area contributed by atoms with Crippen molar-refractivity contribution < 1.29 is 17.9 Å². The number of rotatable bonds is 4. The molecule has 0 amide bonds. The van der Waals surface area contributed by atoms with E-state index in [4.69, 9.17) is 4.74 Å². The van der Waals surface area contributed by atoms with Crippen molar-refractivity contribution in [1.82, 2.24) is 4.90 Å². The minimum absolute atomic E-state index is 0.0489. The Morgan fingerprint density at radius 2 is 2.00 bits per heavy atom. The minimum Gasteiger partial charge on any atom is -0.469 e. The minimum atomic E-state index is -3.10. The van der Waals surface area contributed by atoms with Crippen LogP contribution in [-0.4, -0.2) is 50.5 Å². The second-order valence-electron chi connectivity index (χ2n) is 6.25. The molecule has 1 aromatic carbocycles. The van der Waals surface area contributed by atoms with Gasteiger partial charge in [-0.1, -0.05) is 30.3 Å². The summed E-state index contributed by atoms with van der Waals surface area (Å²) in [5.41, 5.74) is 1.18. The molecular formula is C16H21NO4S. The quantitative estimate of drug-likeness (QED) is 0.776. The lowest BCUT2D eigenvalue weighted by molar-refractivity contribution is -0.141. The zero-order chi connectivity index (χ0) is 15.7. The molecule has 120 valence electrons. The number of nitrogens with zero attached hydrogens (tertiary/aromatic N) is 1. The van der Waals surface area contributed by atoms with Crippen LogP contribution in [0, 0.1) is 11.8 Å². The van der Waals surface area contributed by atoms with Crippen molar-refractivity contribution in [3.8, 4) is 0 Å². The van der Waals surface area contributed by atoms with Crippen LogP contribution in [0.25, 0.3) is 0 Å². The van der Waals surface area contributed by atoms with Gasteiger partial charge >= 0.3 is 5.97 Å². The number of esters is 1. The Labute approximate surface area is 131 Å². The van der Waals surface area contributed by atoms with Crippen LogP contribution in [0.1, 0.15) is 12.0 Å². The molecule has 6 heteroatoms. The first-order chi connectivity index (χ1) is 10.5. The van der Waals surface area contributed by atoms with Crippen LogP contribution in [0.4, 0.5) is 0 Å². The number of likely N-dealkylation sites (tertiary alicyclic amines) is 1. The summed E-state index contributed by atoms with van der Waals surface area (Å²) < 4.78 is 29.4. The molecule has 3 atom stereocenters. The van der Waals surface area contributed by atoms with Crippen LogP contribution in [-0.2, 0) is 25.9 Å². The maximum atomic E-state index is 12.3. The van der Waals surface area contributed by atoms with Crippen molar-refractivity contribution in [2.24, 2.45) is 11.8 Å². The molecule has 1 aromatic rings. The second-order valence-corrected chi connectivity index (χ2v) is 8.52. The molecule has 2 aliphatic heterocycles. The maximum Gasteiger partial charge on any atom is 0.305 e. The van der Waals surface area contributed by atoms with Gasteiger partial charge in [0, 0.05) is 26.1 Å². The van der Waals surface area contributed by atoms with Crippen molar-refractivity contribution in [2.75, 3.05) is 26.0 Å². The molecule has 2 saturated heterocycles. The molecule has 2 aliphatic rings. The van der Waals surface area contributed by atoms with E-state index in [1.54, 1.807) is 0 Å². The molecule has 3 rings (SSSR count). The number of sulfone groups is 1. The summed E-state index contributed by atoms with van der Waals surface area (Å²) in [6.45, 7) is 2.06. The van der Waals surface area contributed by atoms with Crippen molar-refractivity contribution in [1.29, 1.82) is 0 Å². The Bertz CT molecular complexity index is 643. The van der Waals surface area contributed by atoms with Gasteiger partial charge < -0.3 is 4.74 Å². The van der Waals surface area contributed by atoms with E-state index >= 15 is 0 Å². The molecule has 2 fully saturated rings. The van der Waals surface area contributed by atoms with Crippen LogP contribution in [0.3, 0.4) is 0 Å². The average molecular weight is 323 g/mol. The third kappa shape index (κ3) is 3.03. The van der Waals surface area contributed by atoms with E-state index < -0.39 is 9.84 Å². The number of ether oxygens (including phenoxy) is 1. The SMILES string of the molecule is COC(=O)C[C@@H]1CS(=O)(=O)C2CN(Cc3ccccc3)CC21. The highest BCUT2D eigenvalue weighted by Crippen LogP contribution is 2.40. The molecule has 0 aliphatic carbocycles. The molecule has 22 heavy (non-hydrogen) atoms. The summed E-state index contributed by atoms with van der Waals surface area (Å²) in [6, 6.07) is 10.0. The summed E-state index contributed by atoms with van der Waals surface area (Å²) >= 11 is 0. The normalized spacial score (nSPS) is 30.1. The highest BCUT2D eigenvalue weighted by molar-refractivity contribution is 7.92. The molecule has 0 saturated carbocycles. The van der Waals surface area contributed by atoms with Crippen molar-refractivity contribution in [3.63, 3.8) is 0 Å². The first kappa shape index (κ1) is 15.5. The first-order valence-corrected chi connectivity index (χ1v) is 9.26. The molecule has 0 aromatic heterocycles. The van der Waals surface area contributed by atoms with Crippen LogP contribution in [0.2, 0.25) is 0 Å². The number of carbonyl (C=O) groups is 1. The van der Waals surface area contributed by atoms with Crippen LogP contribution < -0.4 is 0 Å². The summed E-state index contributed by atoms with van der Waals surface area (Å²) in [5, 5.41) is -0.328. The molecule has 0 radical (unpaired) electrons. The predicted molar refractivity (Wildman–Crippen MR) is 82.9 cm³/mol. The van der Waals surface area contributed by atoms with E-state index in [-0.39, 0.29) is 35.2 Å². The van der Waals surface area contributed by atoms with Gasteiger partial charge in [-0.2, -0.15) is 0 Å². The number of fused-ring (bicyclic) bond motifs is 1. The first-order valence-electron chi connectivity index (χ1n) is 7.54. The van der Waals surface area contributed by atoms with E-state index in [9.17, 15) is 13.2 Å². The van der Waals surface area contributed by atoms with Gasteiger partial charge in [-0.05, 0) is 17.4 Å². The Hall–Kier alpha value is -1.40. The number of methoxy groups -OCH3 is 1. The smallest absolute Gasteiger partial charge is 0.305 e.